The molecule has 3 nitrogen and oxygen atoms in total. The highest BCUT2D eigenvalue weighted by Gasteiger charge is 2.63. The molecule has 0 aliphatic heterocycles. The number of ketones is 3. The highest BCUT2D eigenvalue weighted by Crippen LogP contribution is 2.66. The zero-order valence-electron chi connectivity index (χ0n) is 15.3. The lowest BCUT2D eigenvalue weighted by atomic mass is 9.44. The van der Waals surface area contributed by atoms with E-state index in [1.54, 1.807) is 6.92 Å². The average molecular weight is 330 g/mol. The van der Waals surface area contributed by atoms with Crippen LogP contribution in [0, 0.1) is 40.4 Å². The molecule has 0 heterocycles. The summed E-state index contributed by atoms with van der Waals surface area (Å²) in [5.74, 6) is 2.50. The fraction of sp³-hybridized carbons (Fsp3) is 0.857. The molecule has 0 amide bonds. The van der Waals surface area contributed by atoms with Crippen molar-refractivity contribution in [2.45, 2.75) is 72.1 Å². The molecule has 0 bridgehead atoms. The largest absolute Gasteiger partial charge is 0.300 e. The Hall–Kier alpha value is -0.990. The maximum absolute atomic E-state index is 12.6. The van der Waals surface area contributed by atoms with Gasteiger partial charge in [-0.05, 0) is 73.5 Å². The number of hydrogen-bond acceptors (Lipinski definition) is 3. The molecule has 0 aromatic heterocycles. The first kappa shape index (κ1) is 16.5. The highest BCUT2D eigenvalue weighted by molar-refractivity contribution is 6.04. The van der Waals surface area contributed by atoms with E-state index in [9.17, 15) is 14.4 Å². The molecule has 4 aliphatic carbocycles. The third kappa shape index (κ3) is 2.05. The van der Waals surface area contributed by atoms with Crippen LogP contribution >= 0.6 is 0 Å². The number of carbonyl (C=O) groups is 3. The zero-order valence-corrected chi connectivity index (χ0v) is 15.3. The van der Waals surface area contributed by atoms with Crippen molar-refractivity contribution in [2.24, 2.45) is 40.4 Å². The van der Waals surface area contributed by atoms with E-state index in [0.717, 1.165) is 44.9 Å². The van der Waals surface area contributed by atoms with Crippen LogP contribution in [0.1, 0.15) is 72.1 Å². The average Bonchev–Trinajstić information content (AvgIpc) is 2.78. The van der Waals surface area contributed by atoms with Crippen molar-refractivity contribution in [3.63, 3.8) is 0 Å². The van der Waals surface area contributed by atoms with E-state index in [1.807, 2.05) is 0 Å². The van der Waals surface area contributed by atoms with E-state index in [-0.39, 0.29) is 28.3 Å². The number of fused-ring (bicyclic) bond motifs is 5. The van der Waals surface area contributed by atoms with Crippen LogP contribution in [0.2, 0.25) is 0 Å². The molecule has 0 N–H and O–H groups in total. The second kappa shape index (κ2) is 5.25. The Morgan fingerprint density at radius 3 is 2.42 bits per heavy atom. The highest BCUT2D eigenvalue weighted by atomic mass is 16.2. The maximum Gasteiger partial charge on any atom is 0.144 e. The van der Waals surface area contributed by atoms with Crippen molar-refractivity contribution < 1.29 is 14.4 Å². The van der Waals surface area contributed by atoms with E-state index in [1.165, 1.54) is 0 Å². The Bertz CT molecular complexity index is 608. The van der Waals surface area contributed by atoms with Crippen LogP contribution in [0.25, 0.3) is 0 Å². The van der Waals surface area contributed by atoms with Crippen LogP contribution in [-0.4, -0.2) is 17.3 Å². The number of Topliss-reactive ketones (excluding diaryl/α,β-unsaturated/α-hetero) is 3. The summed E-state index contributed by atoms with van der Waals surface area (Å²) in [7, 11) is 0. The molecule has 24 heavy (non-hydrogen) atoms. The van der Waals surface area contributed by atoms with Gasteiger partial charge in [-0.25, -0.2) is 0 Å². The molecule has 0 saturated heterocycles. The third-order valence-corrected chi connectivity index (χ3v) is 8.73. The van der Waals surface area contributed by atoms with Gasteiger partial charge in [-0.3, -0.25) is 14.4 Å². The van der Waals surface area contributed by atoms with Gasteiger partial charge in [0.25, 0.3) is 0 Å². The Kier molecular flexibility index (Phi) is 3.61. The van der Waals surface area contributed by atoms with Crippen molar-refractivity contribution in [3.05, 3.63) is 0 Å². The van der Waals surface area contributed by atoms with Gasteiger partial charge in [-0.2, -0.15) is 0 Å². The van der Waals surface area contributed by atoms with Crippen molar-refractivity contribution in [3.8, 4) is 0 Å². The molecule has 0 spiro atoms. The van der Waals surface area contributed by atoms with Crippen LogP contribution in [0.15, 0.2) is 0 Å². The second-order valence-electron chi connectivity index (χ2n) is 9.66. The lowest BCUT2D eigenvalue weighted by Crippen LogP contribution is -2.53. The van der Waals surface area contributed by atoms with Crippen molar-refractivity contribution in [2.75, 3.05) is 0 Å². The lowest BCUT2D eigenvalue weighted by molar-refractivity contribution is -0.144. The summed E-state index contributed by atoms with van der Waals surface area (Å²) in [6, 6.07) is 0. The van der Waals surface area contributed by atoms with Crippen LogP contribution in [-0.2, 0) is 14.4 Å². The van der Waals surface area contributed by atoms with Crippen molar-refractivity contribution in [1.82, 2.24) is 0 Å². The summed E-state index contributed by atoms with van der Waals surface area (Å²) < 4.78 is 0. The Morgan fingerprint density at radius 1 is 0.958 bits per heavy atom. The van der Waals surface area contributed by atoms with Gasteiger partial charge in [0.1, 0.15) is 17.3 Å². The molecule has 0 unspecified atom stereocenters. The molecular formula is C21H30O3. The molecule has 0 aromatic carbocycles. The van der Waals surface area contributed by atoms with E-state index in [0.29, 0.717) is 35.9 Å². The van der Waals surface area contributed by atoms with Gasteiger partial charge < -0.3 is 0 Å². The molecule has 7 atom stereocenters. The van der Waals surface area contributed by atoms with Crippen molar-refractivity contribution in [1.29, 1.82) is 0 Å². The summed E-state index contributed by atoms with van der Waals surface area (Å²) >= 11 is 0. The minimum atomic E-state index is -0.359. The predicted octanol–water partition coefficient (Wildman–Crippen LogP) is 3.98. The molecule has 4 rings (SSSR count). The van der Waals surface area contributed by atoms with Gasteiger partial charge in [0, 0.05) is 19.3 Å². The normalized spacial score (nSPS) is 50.9. The molecule has 0 radical (unpaired) electrons. The van der Waals surface area contributed by atoms with Gasteiger partial charge in [0.05, 0.1) is 5.92 Å². The number of rotatable bonds is 1. The van der Waals surface area contributed by atoms with E-state index in [2.05, 4.69) is 13.8 Å². The smallest absolute Gasteiger partial charge is 0.144 e. The maximum atomic E-state index is 12.6. The number of carbonyl (C=O) groups excluding carboxylic acids is 3. The molecule has 4 aliphatic rings. The minimum absolute atomic E-state index is 0.0756. The van der Waals surface area contributed by atoms with Crippen molar-refractivity contribution >= 4 is 17.3 Å². The fourth-order valence-electron chi connectivity index (χ4n) is 7.53. The first-order chi connectivity index (χ1) is 11.3. The SMILES string of the molecule is CC(=O)[C@H]1C(=O)C[C@H]2[C@@H]3CC[C@H]4CC(=O)CC[C@]4(C)[C@H]3CC[C@]12C. The quantitative estimate of drug-likeness (QED) is 0.683. The van der Waals surface area contributed by atoms with Gasteiger partial charge in [0.15, 0.2) is 0 Å². The van der Waals surface area contributed by atoms with Gasteiger partial charge in [-0.1, -0.05) is 13.8 Å². The Balaban J connectivity index is 1.66. The summed E-state index contributed by atoms with van der Waals surface area (Å²) in [6.45, 7) is 6.24. The van der Waals surface area contributed by atoms with Crippen LogP contribution in [0.5, 0.6) is 0 Å². The molecule has 0 aromatic rings. The predicted molar refractivity (Wildman–Crippen MR) is 91.3 cm³/mol. The summed E-state index contributed by atoms with van der Waals surface area (Å²) in [6.07, 6.45) is 7.59. The third-order valence-electron chi connectivity index (χ3n) is 8.73. The molecule has 132 valence electrons. The Morgan fingerprint density at radius 2 is 1.71 bits per heavy atom. The molecule has 3 heteroatoms. The van der Waals surface area contributed by atoms with Crippen LogP contribution < -0.4 is 0 Å². The standard InChI is InChI=1S/C21H30O3/c1-12(22)19-18(24)11-17-15-5-4-13-10-14(23)6-8-20(13,2)16(15)7-9-21(17,19)3/h13,15-17,19H,4-11H2,1-3H3/t13-,15+,16-,17-,19-,20-,21-/m0/s1. The topological polar surface area (TPSA) is 51.2 Å². The fourth-order valence-corrected chi connectivity index (χ4v) is 7.53. The molecular weight excluding hydrogens is 300 g/mol. The van der Waals surface area contributed by atoms with Gasteiger partial charge >= 0.3 is 0 Å². The zero-order chi connectivity index (χ0) is 17.3. The Labute approximate surface area is 144 Å². The van der Waals surface area contributed by atoms with E-state index in [4.69, 9.17) is 0 Å². The summed E-state index contributed by atoms with van der Waals surface area (Å²) in [4.78, 5) is 36.7. The first-order valence-electron chi connectivity index (χ1n) is 9.82. The lowest BCUT2D eigenvalue weighted by Gasteiger charge is -2.59. The molecule has 4 saturated carbocycles. The van der Waals surface area contributed by atoms with Crippen LogP contribution in [0.4, 0.5) is 0 Å². The van der Waals surface area contributed by atoms with E-state index < -0.39 is 0 Å². The van der Waals surface area contributed by atoms with Gasteiger partial charge in [0.2, 0.25) is 0 Å². The molecule has 4 fully saturated rings. The van der Waals surface area contributed by atoms with E-state index >= 15 is 0 Å². The minimum Gasteiger partial charge on any atom is -0.300 e. The monoisotopic (exact) mass is 330 g/mol. The summed E-state index contributed by atoms with van der Waals surface area (Å²) in [5.41, 5.74) is 0.160. The number of hydrogen-bond donors (Lipinski definition) is 0. The van der Waals surface area contributed by atoms with Crippen LogP contribution in [0.3, 0.4) is 0 Å². The van der Waals surface area contributed by atoms with Gasteiger partial charge in [-0.15, -0.1) is 0 Å². The first-order valence-corrected chi connectivity index (χ1v) is 9.82. The summed E-state index contributed by atoms with van der Waals surface area (Å²) in [5, 5.41) is 0. The second-order valence-corrected chi connectivity index (χ2v) is 9.66.